The van der Waals surface area contributed by atoms with Crippen LogP contribution in [0.25, 0.3) is 0 Å². The van der Waals surface area contributed by atoms with Crippen molar-refractivity contribution in [3.05, 3.63) is 46.7 Å². The van der Waals surface area contributed by atoms with Crippen LogP contribution in [-0.4, -0.2) is 31.1 Å². The van der Waals surface area contributed by atoms with E-state index < -0.39 is 6.04 Å². The Balaban J connectivity index is 0.00000243. The minimum absolute atomic E-state index is 0. The summed E-state index contributed by atoms with van der Waals surface area (Å²) in [5, 5.41) is 7.51. The third kappa shape index (κ3) is 5.28. The zero-order valence-electron chi connectivity index (χ0n) is 14.1. The second-order valence-electron chi connectivity index (χ2n) is 5.97. The van der Waals surface area contributed by atoms with E-state index in [-0.39, 0.29) is 30.1 Å². The molecule has 140 valence electrons. The number of hydrogen-bond donors (Lipinski definition) is 3. The van der Waals surface area contributed by atoms with Gasteiger partial charge in [-0.3, -0.25) is 9.59 Å². The maximum absolute atomic E-state index is 12.3. The molecule has 1 saturated heterocycles. The number of amides is 2. The number of ether oxygens (including phenoxy) is 1. The molecule has 4 N–H and O–H groups in total. The molecule has 0 saturated carbocycles. The molecule has 2 heterocycles. The number of halogens is 1. The molecule has 1 aromatic heterocycles. The number of hydrogen-bond acceptors (Lipinski definition) is 5. The van der Waals surface area contributed by atoms with Crippen molar-refractivity contribution in [3.8, 4) is 0 Å². The highest BCUT2D eigenvalue weighted by atomic mass is 35.5. The van der Waals surface area contributed by atoms with E-state index in [1.54, 1.807) is 30.3 Å². The van der Waals surface area contributed by atoms with Crippen LogP contribution in [0.15, 0.2) is 41.8 Å². The fourth-order valence-electron chi connectivity index (χ4n) is 2.75. The van der Waals surface area contributed by atoms with Gasteiger partial charge >= 0.3 is 0 Å². The van der Waals surface area contributed by atoms with E-state index in [0.717, 1.165) is 12.8 Å². The summed E-state index contributed by atoms with van der Waals surface area (Å²) in [6, 6.07) is 10.1. The van der Waals surface area contributed by atoms with Crippen molar-refractivity contribution in [1.29, 1.82) is 0 Å². The van der Waals surface area contributed by atoms with E-state index in [1.807, 2.05) is 11.4 Å². The molecular formula is C18H22ClN3O3S. The first-order chi connectivity index (χ1) is 12.1. The Hall–Kier alpha value is -1.93. The van der Waals surface area contributed by atoms with Crippen molar-refractivity contribution in [2.75, 3.05) is 23.8 Å². The van der Waals surface area contributed by atoms with Crippen LogP contribution in [0.1, 0.15) is 22.5 Å². The van der Waals surface area contributed by atoms with Crippen LogP contribution < -0.4 is 16.4 Å². The lowest BCUT2D eigenvalue weighted by Gasteiger charge is -2.26. The predicted molar refractivity (Wildman–Crippen MR) is 106 cm³/mol. The van der Waals surface area contributed by atoms with Gasteiger partial charge in [0.15, 0.2) is 0 Å². The van der Waals surface area contributed by atoms with E-state index in [4.69, 9.17) is 10.5 Å². The molecule has 0 spiro atoms. The molecule has 1 aliphatic rings. The average Bonchev–Trinajstić information content (AvgIpc) is 3.18. The van der Waals surface area contributed by atoms with E-state index in [9.17, 15) is 9.59 Å². The SMILES string of the molecule is Cl.NC(C(=O)Nc1ccc(NC(=O)c2cccs2)cc1)C1CCOCC1. The fraction of sp³-hybridized carbons (Fsp3) is 0.333. The third-order valence-electron chi connectivity index (χ3n) is 4.23. The number of anilines is 2. The molecule has 26 heavy (non-hydrogen) atoms. The van der Waals surface area contributed by atoms with E-state index >= 15 is 0 Å². The van der Waals surface area contributed by atoms with Crippen LogP contribution in [0.3, 0.4) is 0 Å². The summed E-state index contributed by atoms with van der Waals surface area (Å²) in [7, 11) is 0. The lowest BCUT2D eigenvalue weighted by Crippen LogP contribution is -2.43. The molecule has 2 amide bonds. The van der Waals surface area contributed by atoms with Crippen LogP contribution in [0.2, 0.25) is 0 Å². The van der Waals surface area contributed by atoms with Gasteiger partial charge in [-0.1, -0.05) is 6.07 Å². The van der Waals surface area contributed by atoms with Crippen molar-refractivity contribution in [3.63, 3.8) is 0 Å². The number of nitrogens with one attached hydrogen (secondary N) is 2. The Bertz CT molecular complexity index is 716. The summed E-state index contributed by atoms with van der Waals surface area (Å²) in [4.78, 5) is 24.9. The van der Waals surface area contributed by atoms with Crippen LogP contribution in [-0.2, 0) is 9.53 Å². The summed E-state index contributed by atoms with van der Waals surface area (Å²) in [6.45, 7) is 1.31. The summed E-state index contributed by atoms with van der Waals surface area (Å²) in [5.74, 6) is -0.186. The highest BCUT2D eigenvalue weighted by molar-refractivity contribution is 7.12. The third-order valence-corrected chi connectivity index (χ3v) is 5.10. The summed E-state index contributed by atoms with van der Waals surface area (Å²) >= 11 is 1.39. The topological polar surface area (TPSA) is 93.5 Å². The summed E-state index contributed by atoms with van der Waals surface area (Å²) in [6.07, 6.45) is 1.62. The van der Waals surface area contributed by atoms with Gasteiger partial charge in [0, 0.05) is 24.6 Å². The molecule has 8 heteroatoms. The van der Waals surface area contributed by atoms with Gasteiger partial charge in [-0.2, -0.15) is 0 Å². The first kappa shape index (κ1) is 20.4. The zero-order valence-corrected chi connectivity index (χ0v) is 15.8. The Labute approximate surface area is 162 Å². The number of nitrogens with two attached hydrogens (primary N) is 1. The summed E-state index contributed by atoms with van der Waals surface area (Å²) < 4.78 is 5.30. The monoisotopic (exact) mass is 395 g/mol. The molecule has 6 nitrogen and oxygen atoms in total. The number of benzene rings is 1. The van der Waals surface area contributed by atoms with Crippen LogP contribution in [0, 0.1) is 5.92 Å². The molecular weight excluding hydrogens is 374 g/mol. The highest BCUT2D eigenvalue weighted by Crippen LogP contribution is 2.20. The normalized spacial score (nSPS) is 15.6. The lowest BCUT2D eigenvalue weighted by molar-refractivity contribution is -0.119. The number of carbonyl (C=O) groups excluding carboxylic acids is 2. The molecule has 1 fully saturated rings. The molecule has 1 atom stereocenters. The summed E-state index contributed by atoms with van der Waals surface area (Å²) in [5.41, 5.74) is 7.39. The Kier molecular flexibility index (Phi) is 7.59. The predicted octanol–water partition coefficient (Wildman–Crippen LogP) is 3.11. The molecule has 3 rings (SSSR count). The second kappa shape index (κ2) is 9.68. The second-order valence-corrected chi connectivity index (χ2v) is 6.92. The molecule has 0 aliphatic carbocycles. The number of rotatable bonds is 5. The lowest BCUT2D eigenvalue weighted by atomic mass is 9.92. The van der Waals surface area contributed by atoms with Gasteiger partial charge in [-0.15, -0.1) is 23.7 Å². The maximum atomic E-state index is 12.3. The Morgan fingerprint density at radius 2 is 1.69 bits per heavy atom. The Morgan fingerprint density at radius 3 is 2.27 bits per heavy atom. The largest absolute Gasteiger partial charge is 0.381 e. The van der Waals surface area contributed by atoms with E-state index in [0.29, 0.717) is 29.5 Å². The van der Waals surface area contributed by atoms with Crippen molar-refractivity contribution < 1.29 is 14.3 Å². The standard InChI is InChI=1S/C18H21N3O3S.ClH/c19-16(12-7-9-24-10-8-12)18(23)21-14-5-3-13(4-6-14)20-17(22)15-2-1-11-25-15;/h1-6,11-12,16H,7-10,19H2,(H,20,22)(H,21,23);1H. The van der Waals surface area contributed by atoms with Crippen LogP contribution in [0.5, 0.6) is 0 Å². The molecule has 0 radical (unpaired) electrons. The maximum Gasteiger partial charge on any atom is 0.265 e. The number of thiophene rings is 1. The van der Waals surface area contributed by atoms with Crippen molar-refractivity contribution >= 4 is 46.9 Å². The molecule has 1 aliphatic heterocycles. The quantitative estimate of drug-likeness (QED) is 0.725. The first-order valence-corrected chi connectivity index (χ1v) is 9.10. The van der Waals surface area contributed by atoms with Gasteiger partial charge in [0.25, 0.3) is 5.91 Å². The van der Waals surface area contributed by atoms with E-state index in [2.05, 4.69) is 10.6 Å². The zero-order chi connectivity index (χ0) is 17.6. The minimum atomic E-state index is -0.540. The molecule has 1 aromatic carbocycles. The van der Waals surface area contributed by atoms with Crippen LogP contribution >= 0.6 is 23.7 Å². The van der Waals surface area contributed by atoms with Gasteiger partial charge in [0.1, 0.15) is 0 Å². The highest BCUT2D eigenvalue weighted by Gasteiger charge is 2.26. The van der Waals surface area contributed by atoms with E-state index in [1.165, 1.54) is 11.3 Å². The van der Waals surface area contributed by atoms with Gasteiger partial charge in [0.05, 0.1) is 10.9 Å². The Morgan fingerprint density at radius 1 is 1.08 bits per heavy atom. The molecule has 2 aromatic rings. The smallest absolute Gasteiger partial charge is 0.265 e. The van der Waals surface area contributed by atoms with Gasteiger partial charge < -0.3 is 21.1 Å². The van der Waals surface area contributed by atoms with Crippen molar-refractivity contribution in [2.24, 2.45) is 11.7 Å². The average molecular weight is 396 g/mol. The number of carbonyl (C=O) groups is 2. The molecule has 1 unspecified atom stereocenters. The van der Waals surface area contributed by atoms with Gasteiger partial charge in [-0.05, 0) is 54.5 Å². The first-order valence-electron chi connectivity index (χ1n) is 8.22. The van der Waals surface area contributed by atoms with Crippen molar-refractivity contribution in [1.82, 2.24) is 0 Å². The van der Waals surface area contributed by atoms with Gasteiger partial charge in [-0.25, -0.2) is 0 Å². The molecule has 0 bridgehead atoms. The van der Waals surface area contributed by atoms with Crippen molar-refractivity contribution in [2.45, 2.75) is 18.9 Å². The fourth-order valence-corrected chi connectivity index (χ4v) is 3.37. The van der Waals surface area contributed by atoms with Gasteiger partial charge in [0.2, 0.25) is 5.91 Å². The van der Waals surface area contributed by atoms with Crippen LogP contribution in [0.4, 0.5) is 11.4 Å². The minimum Gasteiger partial charge on any atom is -0.381 e.